The van der Waals surface area contributed by atoms with E-state index in [1.54, 1.807) is 0 Å². The van der Waals surface area contributed by atoms with Gasteiger partial charge >= 0.3 is 0 Å². The molecule has 0 unspecified atom stereocenters. The summed E-state index contributed by atoms with van der Waals surface area (Å²) in [4.78, 5) is 3.69. The Morgan fingerprint density at radius 1 is 1.27 bits per heavy atom. The van der Waals surface area contributed by atoms with Crippen LogP contribution >= 0.6 is 23.7 Å². The zero-order chi connectivity index (χ0) is 7.82. The monoisotopic (exact) mass is 261 g/mol. The van der Waals surface area contributed by atoms with Crippen LogP contribution < -0.4 is 0 Å². The number of hydrogen-bond acceptors (Lipinski definition) is 3. The molecule has 6 heteroatoms. The Morgan fingerprint density at radius 3 is 1.82 bits per heavy atom. The summed E-state index contributed by atoms with van der Waals surface area (Å²) in [5, 5.41) is 8.59. The number of aromatic nitrogens is 1. The summed E-state index contributed by atoms with van der Waals surface area (Å²) >= 11 is 8.53. The van der Waals surface area contributed by atoms with Gasteiger partial charge in [0.05, 0.1) is 23.7 Å². The number of pyridine rings is 1. The van der Waals surface area contributed by atoms with Gasteiger partial charge in [0.2, 0.25) is 0 Å². The molecule has 0 saturated carbocycles. The summed E-state index contributed by atoms with van der Waals surface area (Å²) in [6.45, 7) is 0. The molecule has 1 aromatic heterocycles. The number of rotatable bonds is 0. The number of hydrogen-bond donors (Lipinski definition) is 1. The number of halogens is 2. The van der Waals surface area contributed by atoms with Crippen LogP contribution in [-0.4, -0.2) is 27.2 Å². The first-order chi connectivity index (χ1) is 4.81. The fourth-order valence-electron chi connectivity index (χ4n) is 0.344. The molecule has 0 bridgehead atoms. The quantitative estimate of drug-likeness (QED) is 0.723. The van der Waals surface area contributed by atoms with Gasteiger partial charge in [0, 0.05) is 29.5 Å². The van der Waals surface area contributed by atoms with Crippen LogP contribution in [0.3, 0.4) is 0 Å². The Balaban J connectivity index is 0. The van der Waals surface area contributed by atoms with Gasteiger partial charge in [-0.3, -0.25) is 4.98 Å². The van der Waals surface area contributed by atoms with Gasteiger partial charge in [0.25, 0.3) is 0 Å². The minimum absolute atomic E-state index is 0. The van der Waals surface area contributed by atoms with Gasteiger partial charge < -0.3 is 5.11 Å². The van der Waals surface area contributed by atoms with E-state index in [2.05, 4.69) is 32.6 Å². The van der Waals surface area contributed by atoms with Crippen molar-refractivity contribution >= 4 is 40.8 Å². The van der Waals surface area contributed by atoms with Gasteiger partial charge in [-0.1, -0.05) is 0 Å². The summed E-state index contributed by atoms with van der Waals surface area (Å²) in [6.07, 6.45) is 3.07. The third-order valence-electron chi connectivity index (χ3n) is 0.663. The molecule has 0 amide bonds. The molecule has 1 rings (SSSR count). The zero-order valence-electron chi connectivity index (χ0n) is 5.28. The molecule has 11 heavy (non-hydrogen) atoms. The molecule has 1 aromatic rings. The van der Waals surface area contributed by atoms with E-state index < -0.39 is 0 Å². The van der Waals surface area contributed by atoms with E-state index in [0.29, 0.717) is 0 Å². The smallest absolute Gasteiger partial charge is 0.118 e. The molecule has 0 aliphatic heterocycles. The second kappa shape index (κ2) is 10.0. The van der Waals surface area contributed by atoms with E-state index in [1.807, 2.05) is 0 Å². The van der Waals surface area contributed by atoms with Crippen LogP contribution in [0.4, 0.5) is 0 Å². The molecule has 0 aliphatic carbocycles. The normalized spacial score (nSPS) is 7.09. The van der Waals surface area contributed by atoms with E-state index in [0.717, 1.165) is 0 Å². The van der Waals surface area contributed by atoms with Crippen molar-refractivity contribution in [3.05, 3.63) is 24.5 Å². The Morgan fingerprint density at radius 2 is 1.64 bits per heavy atom. The second-order valence-electron chi connectivity index (χ2n) is 1.26. The van der Waals surface area contributed by atoms with Crippen molar-refractivity contribution in [2.24, 2.45) is 0 Å². The molecule has 1 N–H and O–H groups in total. The van der Waals surface area contributed by atoms with Crippen molar-refractivity contribution in [1.82, 2.24) is 4.98 Å². The Labute approximate surface area is 85.1 Å². The second-order valence-corrected chi connectivity index (χ2v) is 1.73. The third kappa shape index (κ3) is 10.0. The molecule has 0 saturated heterocycles. The van der Waals surface area contributed by atoms with E-state index >= 15 is 0 Å². The van der Waals surface area contributed by atoms with E-state index in [4.69, 9.17) is 5.11 Å². The average molecular weight is 261 g/mol. The van der Waals surface area contributed by atoms with E-state index in [9.17, 15) is 0 Å². The largest absolute Gasteiger partial charge is 0.508 e. The van der Waals surface area contributed by atoms with Crippen LogP contribution in [0.1, 0.15) is 0 Å². The fraction of sp³-hybridized carbons (Fsp3) is 0. The predicted octanol–water partition coefficient (Wildman–Crippen LogP) is 1.72. The summed E-state index contributed by atoms with van der Waals surface area (Å²) in [6, 6.07) is 3.06. The molecule has 0 aromatic carbocycles. The summed E-state index contributed by atoms with van der Waals surface area (Å²) in [5.74, 6) is 0.259. The number of aromatic hydroxyl groups is 1. The minimum atomic E-state index is 0. The standard InChI is InChI=1S/C5H5NO.Cl2O.Se/c7-5-1-3-6-4-2-5;1-3-2;/h1-4H,(H,6,7);;. The number of nitrogens with zero attached hydrogens (tertiary/aromatic N) is 1. The molecule has 0 atom stereocenters. The zero-order valence-corrected chi connectivity index (χ0v) is 8.50. The molecular formula is C5H5Cl2NO2Se. The van der Waals surface area contributed by atoms with Gasteiger partial charge in [-0.15, -0.1) is 0 Å². The predicted molar refractivity (Wildman–Crippen MR) is 44.4 cm³/mol. The maximum atomic E-state index is 8.59. The average Bonchev–Trinajstić information content (AvgIpc) is 1.91. The third-order valence-corrected chi connectivity index (χ3v) is 0.663. The van der Waals surface area contributed by atoms with Crippen molar-refractivity contribution < 1.29 is 8.95 Å². The van der Waals surface area contributed by atoms with Crippen molar-refractivity contribution in [1.29, 1.82) is 0 Å². The van der Waals surface area contributed by atoms with Gasteiger partial charge in [-0.05, 0) is 12.1 Å². The topological polar surface area (TPSA) is 42.4 Å². The summed E-state index contributed by atoms with van der Waals surface area (Å²) in [5.41, 5.74) is 0. The van der Waals surface area contributed by atoms with Gasteiger partial charge in [0.15, 0.2) is 0 Å². The van der Waals surface area contributed by atoms with Gasteiger partial charge in [-0.25, -0.2) is 0 Å². The van der Waals surface area contributed by atoms with E-state index in [-0.39, 0.29) is 22.8 Å². The molecule has 3 nitrogen and oxygen atoms in total. The van der Waals surface area contributed by atoms with Crippen LogP contribution in [0.25, 0.3) is 0 Å². The van der Waals surface area contributed by atoms with E-state index in [1.165, 1.54) is 24.5 Å². The maximum absolute atomic E-state index is 8.59. The molecule has 1 heterocycles. The first-order valence-corrected chi connectivity index (χ1v) is 2.91. The Bertz CT molecular complexity index is 164. The fourth-order valence-corrected chi connectivity index (χ4v) is 0.344. The summed E-state index contributed by atoms with van der Waals surface area (Å²) < 4.78 is 3.19. The van der Waals surface area contributed by atoms with Crippen molar-refractivity contribution in [2.75, 3.05) is 0 Å². The SMILES string of the molecule is ClOCl.Oc1ccncc1.[Se]. The molecule has 0 aliphatic rings. The molecule has 0 fully saturated rings. The molecule has 62 valence electrons. The summed E-state index contributed by atoms with van der Waals surface area (Å²) in [7, 11) is 0. The van der Waals surface area contributed by atoms with Gasteiger partial charge in [-0.2, -0.15) is 3.84 Å². The van der Waals surface area contributed by atoms with Crippen LogP contribution in [0.2, 0.25) is 0 Å². The first-order valence-electron chi connectivity index (χ1n) is 2.29. The minimum Gasteiger partial charge on any atom is -0.508 e. The van der Waals surface area contributed by atoms with Crippen LogP contribution in [0, 0.1) is 0 Å². The Kier molecular flexibility index (Phi) is 12.4. The van der Waals surface area contributed by atoms with Gasteiger partial charge in [0.1, 0.15) is 5.75 Å². The first kappa shape index (κ1) is 13.6. The molecule has 0 spiro atoms. The molecular weight excluding hydrogens is 256 g/mol. The van der Waals surface area contributed by atoms with Crippen molar-refractivity contribution in [3.8, 4) is 5.75 Å². The molecule has 2 radical (unpaired) electrons. The van der Waals surface area contributed by atoms with Crippen LogP contribution in [-0.2, 0) is 3.84 Å². The van der Waals surface area contributed by atoms with Crippen LogP contribution in [0.15, 0.2) is 24.5 Å². The maximum Gasteiger partial charge on any atom is 0.118 e. The Hall–Kier alpha value is 0.00948. The van der Waals surface area contributed by atoms with Crippen molar-refractivity contribution in [3.63, 3.8) is 0 Å². The van der Waals surface area contributed by atoms with Crippen molar-refractivity contribution in [2.45, 2.75) is 0 Å². The van der Waals surface area contributed by atoms with Crippen LogP contribution in [0.5, 0.6) is 5.75 Å².